The van der Waals surface area contributed by atoms with Gasteiger partial charge in [-0.15, -0.1) is 0 Å². The molecule has 0 spiro atoms. The molecule has 1 N–H and O–H groups in total. The number of para-hydroxylation sites is 1. The summed E-state index contributed by atoms with van der Waals surface area (Å²) < 4.78 is 0. The van der Waals surface area contributed by atoms with Gasteiger partial charge in [0, 0.05) is 29.3 Å². The lowest BCUT2D eigenvalue weighted by molar-refractivity contribution is -0.384. The van der Waals surface area contributed by atoms with Crippen molar-refractivity contribution >= 4 is 29.9 Å². The summed E-state index contributed by atoms with van der Waals surface area (Å²) in [5.41, 5.74) is 1.24. The highest BCUT2D eigenvalue weighted by Crippen LogP contribution is 2.31. The van der Waals surface area contributed by atoms with Gasteiger partial charge in [0.05, 0.1) is 16.2 Å². The number of thiol groups is 1. The maximum Gasteiger partial charge on any atom is 0.269 e. The van der Waals surface area contributed by atoms with Gasteiger partial charge < -0.3 is 5.32 Å². The summed E-state index contributed by atoms with van der Waals surface area (Å²) in [6, 6.07) is 16.5. The lowest BCUT2D eigenvalue weighted by Gasteiger charge is -2.22. The van der Waals surface area contributed by atoms with Crippen LogP contribution in [0, 0.1) is 21.4 Å². The summed E-state index contributed by atoms with van der Waals surface area (Å²) in [5.74, 6) is -1.09. The van der Waals surface area contributed by atoms with Crippen LogP contribution in [0.3, 0.4) is 0 Å². The lowest BCUT2D eigenvalue weighted by Crippen LogP contribution is -2.30. The minimum Gasteiger partial charge on any atom is -0.325 e. The van der Waals surface area contributed by atoms with Crippen LogP contribution >= 0.6 is 12.6 Å². The predicted molar refractivity (Wildman–Crippen MR) is 98.4 cm³/mol. The molecule has 2 aromatic carbocycles. The second-order valence-electron chi connectivity index (χ2n) is 5.26. The fraction of sp³-hybridized carbons (Fsp3) is 0.111. The van der Waals surface area contributed by atoms with E-state index in [9.17, 15) is 20.2 Å². The zero-order chi connectivity index (χ0) is 18.4. The van der Waals surface area contributed by atoms with Crippen LogP contribution in [-0.4, -0.2) is 16.1 Å². The second-order valence-corrected chi connectivity index (χ2v) is 5.82. The summed E-state index contributed by atoms with van der Waals surface area (Å²) in [6.45, 7) is 3.69. The highest BCUT2D eigenvalue weighted by molar-refractivity contribution is 7.81. The van der Waals surface area contributed by atoms with Crippen molar-refractivity contribution in [3.63, 3.8) is 0 Å². The van der Waals surface area contributed by atoms with Crippen LogP contribution in [0.4, 0.5) is 11.4 Å². The van der Waals surface area contributed by atoms with Gasteiger partial charge in [-0.2, -0.15) is 17.9 Å². The first kappa shape index (κ1) is 18.2. The molecule has 25 heavy (non-hydrogen) atoms. The fourth-order valence-electron chi connectivity index (χ4n) is 2.34. The zero-order valence-corrected chi connectivity index (χ0v) is 14.0. The van der Waals surface area contributed by atoms with Gasteiger partial charge in [-0.3, -0.25) is 14.9 Å². The quantitative estimate of drug-likeness (QED) is 0.358. The molecule has 7 heteroatoms. The van der Waals surface area contributed by atoms with Gasteiger partial charge in [0.15, 0.2) is 0 Å². The fourth-order valence-corrected chi connectivity index (χ4v) is 2.75. The first-order valence-corrected chi connectivity index (χ1v) is 7.83. The molecule has 0 radical (unpaired) electrons. The van der Waals surface area contributed by atoms with Crippen LogP contribution in [0.2, 0.25) is 0 Å². The third-order valence-electron chi connectivity index (χ3n) is 3.61. The number of nitrogens with zero attached hydrogens (tertiary/aromatic N) is 2. The van der Waals surface area contributed by atoms with Crippen molar-refractivity contribution in [2.75, 3.05) is 5.32 Å². The number of carbonyl (C=O) groups excluding carboxylic acids is 1. The van der Waals surface area contributed by atoms with E-state index in [0.717, 1.165) is 0 Å². The van der Waals surface area contributed by atoms with Gasteiger partial charge in [-0.05, 0) is 17.7 Å². The minimum atomic E-state index is -0.881. The van der Waals surface area contributed by atoms with Crippen molar-refractivity contribution in [1.29, 1.82) is 5.26 Å². The molecule has 0 aliphatic rings. The van der Waals surface area contributed by atoms with Crippen molar-refractivity contribution < 1.29 is 9.72 Å². The normalized spacial score (nSPS) is 12.5. The molecule has 1 amide bonds. The van der Waals surface area contributed by atoms with E-state index in [1.807, 2.05) is 12.1 Å². The molecule has 0 bridgehead atoms. The van der Waals surface area contributed by atoms with Crippen molar-refractivity contribution in [3.05, 3.63) is 82.4 Å². The van der Waals surface area contributed by atoms with Crippen LogP contribution in [-0.2, 0) is 4.79 Å². The number of hydrogen-bond donors (Lipinski definition) is 2. The number of benzene rings is 2. The third kappa shape index (κ3) is 4.46. The van der Waals surface area contributed by atoms with E-state index in [4.69, 9.17) is 0 Å². The summed E-state index contributed by atoms with van der Waals surface area (Å²) in [6.07, 6.45) is 0. The maximum atomic E-state index is 12.5. The number of anilines is 1. The Morgan fingerprint density at radius 3 is 2.32 bits per heavy atom. The molecule has 6 nitrogen and oxygen atoms in total. The second kappa shape index (κ2) is 8.13. The standard InChI is InChI=1S/C18H15N3O3S/c1-12(11-19)16(13-7-9-15(10-8-13)21(23)24)17(25)18(22)20-14-5-3-2-4-6-14/h2-10,16-17,25H,1H2,(H,20,22)/t16-,17-/m1/s1. The van der Waals surface area contributed by atoms with E-state index in [1.165, 1.54) is 24.3 Å². The molecule has 0 unspecified atom stereocenters. The highest BCUT2D eigenvalue weighted by Gasteiger charge is 2.29. The number of nitro benzene ring substituents is 1. The van der Waals surface area contributed by atoms with Crippen molar-refractivity contribution in [2.24, 2.45) is 0 Å². The largest absolute Gasteiger partial charge is 0.325 e. The van der Waals surface area contributed by atoms with Crippen molar-refractivity contribution in [1.82, 2.24) is 0 Å². The Balaban J connectivity index is 2.27. The van der Waals surface area contributed by atoms with Crippen LogP contribution < -0.4 is 5.32 Å². The van der Waals surface area contributed by atoms with E-state index in [-0.39, 0.29) is 11.3 Å². The topological polar surface area (TPSA) is 96.0 Å². The lowest BCUT2D eigenvalue weighted by atomic mass is 9.88. The van der Waals surface area contributed by atoms with E-state index in [2.05, 4.69) is 24.5 Å². The van der Waals surface area contributed by atoms with Gasteiger partial charge in [0.1, 0.15) is 0 Å². The number of rotatable bonds is 6. The Morgan fingerprint density at radius 2 is 1.80 bits per heavy atom. The molecule has 2 rings (SSSR count). The average Bonchev–Trinajstić information content (AvgIpc) is 2.62. The number of nitro groups is 1. The van der Waals surface area contributed by atoms with Crippen LogP contribution in [0.25, 0.3) is 0 Å². The number of non-ortho nitro benzene ring substituents is 1. The summed E-state index contributed by atoms with van der Waals surface area (Å²) in [4.78, 5) is 22.7. The summed E-state index contributed by atoms with van der Waals surface area (Å²) in [5, 5.41) is 21.8. The molecule has 0 aliphatic heterocycles. The molecule has 0 fully saturated rings. The number of carbonyl (C=O) groups is 1. The molecule has 0 saturated heterocycles. The van der Waals surface area contributed by atoms with Gasteiger partial charge in [-0.1, -0.05) is 36.9 Å². The Labute approximate surface area is 150 Å². The number of hydrogen-bond acceptors (Lipinski definition) is 5. The van der Waals surface area contributed by atoms with Gasteiger partial charge in [-0.25, -0.2) is 0 Å². The van der Waals surface area contributed by atoms with Gasteiger partial charge in [0.25, 0.3) is 5.69 Å². The predicted octanol–water partition coefficient (Wildman–Crippen LogP) is 3.70. The maximum absolute atomic E-state index is 12.5. The molecule has 126 valence electrons. The van der Waals surface area contributed by atoms with Crippen molar-refractivity contribution in [3.8, 4) is 6.07 Å². The summed E-state index contributed by atoms with van der Waals surface area (Å²) >= 11 is 4.36. The molecule has 0 heterocycles. The number of amides is 1. The smallest absolute Gasteiger partial charge is 0.269 e. The Morgan fingerprint density at radius 1 is 1.20 bits per heavy atom. The van der Waals surface area contributed by atoms with Crippen LogP contribution in [0.15, 0.2) is 66.7 Å². The van der Waals surface area contributed by atoms with E-state index in [1.54, 1.807) is 24.3 Å². The van der Waals surface area contributed by atoms with E-state index >= 15 is 0 Å². The minimum absolute atomic E-state index is 0.0745. The van der Waals surface area contributed by atoms with Gasteiger partial charge >= 0.3 is 0 Å². The van der Waals surface area contributed by atoms with Crippen molar-refractivity contribution in [2.45, 2.75) is 11.2 Å². The molecule has 2 atom stereocenters. The Kier molecular flexibility index (Phi) is 5.93. The molecule has 0 saturated carbocycles. The van der Waals surface area contributed by atoms with E-state index < -0.39 is 22.0 Å². The number of nitrogens with one attached hydrogen (secondary N) is 1. The molecular weight excluding hydrogens is 338 g/mol. The molecule has 0 aromatic heterocycles. The molecular formula is C18H15N3O3S. The van der Waals surface area contributed by atoms with Gasteiger partial charge in [0.2, 0.25) is 5.91 Å². The summed E-state index contributed by atoms with van der Waals surface area (Å²) in [7, 11) is 0. The highest BCUT2D eigenvalue weighted by atomic mass is 32.1. The first-order valence-electron chi connectivity index (χ1n) is 7.31. The van der Waals surface area contributed by atoms with E-state index in [0.29, 0.717) is 11.3 Å². The Bertz CT molecular complexity index is 829. The first-order chi connectivity index (χ1) is 11.9. The third-order valence-corrected chi connectivity index (χ3v) is 4.14. The number of nitriles is 1. The Hall–Kier alpha value is -3.11. The van der Waals surface area contributed by atoms with Crippen LogP contribution in [0.1, 0.15) is 11.5 Å². The molecule has 0 aliphatic carbocycles. The SMILES string of the molecule is C=C(C#N)[C@H](c1ccc([N+](=O)[O-])cc1)[C@@H](S)C(=O)Nc1ccccc1. The molecule has 2 aromatic rings. The average molecular weight is 353 g/mol. The monoisotopic (exact) mass is 353 g/mol. The number of allylic oxidation sites excluding steroid dienone is 1. The van der Waals surface area contributed by atoms with Crippen LogP contribution in [0.5, 0.6) is 0 Å². The zero-order valence-electron chi connectivity index (χ0n) is 13.1.